The molecule has 4 aromatic rings. The van der Waals surface area contributed by atoms with Crippen molar-refractivity contribution in [2.24, 2.45) is 0 Å². The summed E-state index contributed by atoms with van der Waals surface area (Å²) in [4.78, 5) is 7.57. The normalized spacial score (nSPS) is 14.7. The van der Waals surface area contributed by atoms with E-state index in [0.29, 0.717) is 0 Å². The molecule has 0 spiro atoms. The van der Waals surface area contributed by atoms with E-state index < -0.39 is 0 Å². The predicted molar refractivity (Wildman–Crippen MR) is 132 cm³/mol. The van der Waals surface area contributed by atoms with Crippen LogP contribution in [-0.4, -0.2) is 59.6 Å². The van der Waals surface area contributed by atoms with Crippen LogP contribution >= 0.6 is 0 Å². The molecule has 0 unspecified atom stereocenters. The van der Waals surface area contributed by atoms with E-state index in [2.05, 4.69) is 45.0 Å². The maximum Gasteiger partial charge on any atom is 0.141 e. The molecule has 7 heteroatoms. The maximum atomic E-state index is 5.52. The van der Waals surface area contributed by atoms with Crippen LogP contribution < -0.4 is 4.74 Å². The van der Waals surface area contributed by atoms with Crippen molar-refractivity contribution in [2.75, 3.05) is 40.0 Å². The molecule has 2 aromatic heterocycles. The first kappa shape index (κ1) is 22.6. The van der Waals surface area contributed by atoms with Crippen molar-refractivity contribution in [3.05, 3.63) is 65.3 Å². The Morgan fingerprint density at radius 2 is 1.85 bits per heavy atom. The van der Waals surface area contributed by atoms with Crippen LogP contribution in [0, 0.1) is 13.8 Å². The first-order valence-corrected chi connectivity index (χ1v) is 12.0. The van der Waals surface area contributed by atoms with E-state index in [1.807, 2.05) is 26.0 Å². The summed E-state index contributed by atoms with van der Waals surface area (Å²) in [5, 5.41) is 4.13. The molecule has 0 radical (unpaired) electrons. The molecule has 1 aliphatic rings. The molecule has 2 aromatic carbocycles. The Hall–Kier alpha value is -3.16. The standard InChI is InChI=1S/C27H32N4O3/c1-19-27(20(2)34-29-19)22-8-9-25-24(18-22)28-26(10-7-21-5-4-6-23(17-21)32-3)31(25)12-11-30-13-15-33-16-14-30/h4-6,8-9,17-18H,7,10-16H2,1-3H3. The summed E-state index contributed by atoms with van der Waals surface area (Å²) in [6.07, 6.45) is 1.78. The van der Waals surface area contributed by atoms with Crippen LogP contribution in [0.5, 0.6) is 5.75 Å². The third-order valence-electron chi connectivity index (χ3n) is 6.66. The molecule has 0 bridgehead atoms. The molecular formula is C27H32N4O3. The monoisotopic (exact) mass is 460 g/mol. The highest BCUT2D eigenvalue weighted by molar-refractivity contribution is 5.83. The number of rotatable bonds is 8. The Morgan fingerprint density at radius 1 is 1.00 bits per heavy atom. The predicted octanol–water partition coefficient (Wildman–Crippen LogP) is 4.43. The minimum Gasteiger partial charge on any atom is -0.497 e. The van der Waals surface area contributed by atoms with E-state index in [-0.39, 0.29) is 0 Å². The van der Waals surface area contributed by atoms with Crippen molar-refractivity contribution in [3.63, 3.8) is 0 Å². The maximum absolute atomic E-state index is 5.52. The Morgan fingerprint density at radius 3 is 2.62 bits per heavy atom. The highest BCUT2D eigenvalue weighted by atomic mass is 16.5. The summed E-state index contributed by atoms with van der Waals surface area (Å²) in [6, 6.07) is 14.8. The van der Waals surface area contributed by atoms with Gasteiger partial charge in [-0.2, -0.15) is 0 Å². The van der Waals surface area contributed by atoms with Gasteiger partial charge in [0.1, 0.15) is 17.3 Å². The van der Waals surface area contributed by atoms with E-state index in [1.54, 1.807) is 7.11 Å². The zero-order chi connectivity index (χ0) is 23.5. The summed E-state index contributed by atoms with van der Waals surface area (Å²) < 4.78 is 18.7. The largest absolute Gasteiger partial charge is 0.497 e. The number of hydrogen-bond acceptors (Lipinski definition) is 6. The van der Waals surface area contributed by atoms with Crippen molar-refractivity contribution in [3.8, 4) is 16.9 Å². The summed E-state index contributed by atoms with van der Waals surface area (Å²) in [7, 11) is 1.71. The second-order valence-corrected chi connectivity index (χ2v) is 8.89. The number of morpholine rings is 1. The first-order valence-electron chi connectivity index (χ1n) is 12.0. The van der Waals surface area contributed by atoms with Gasteiger partial charge < -0.3 is 18.6 Å². The van der Waals surface area contributed by atoms with Crippen molar-refractivity contribution >= 4 is 11.0 Å². The second kappa shape index (κ2) is 9.99. The third kappa shape index (κ3) is 4.72. The van der Waals surface area contributed by atoms with Gasteiger partial charge in [0.05, 0.1) is 37.1 Å². The van der Waals surface area contributed by atoms with E-state index >= 15 is 0 Å². The Labute approximate surface area is 200 Å². The Bertz CT molecular complexity index is 1250. The fourth-order valence-electron chi connectivity index (χ4n) is 4.82. The van der Waals surface area contributed by atoms with Gasteiger partial charge >= 0.3 is 0 Å². The molecule has 0 amide bonds. The molecule has 0 aliphatic carbocycles. The van der Waals surface area contributed by atoms with E-state index in [4.69, 9.17) is 19.0 Å². The molecule has 0 N–H and O–H groups in total. The molecule has 0 saturated carbocycles. The molecule has 5 rings (SSSR count). The van der Waals surface area contributed by atoms with Crippen molar-refractivity contribution < 1.29 is 14.0 Å². The van der Waals surface area contributed by atoms with E-state index in [0.717, 1.165) is 91.9 Å². The number of nitrogens with zero attached hydrogens (tertiary/aromatic N) is 4. The van der Waals surface area contributed by atoms with Crippen LogP contribution in [-0.2, 0) is 24.1 Å². The molecule has 1 fully saturated rings. The Kier molecular flexibility index (Phi) is 6.65. The molecule has 1 saturated heterocycles. The lowest BCUT2D eigenvalue weighted by atomic mass is 10.0. The third-order valence-corrected chi connectivity index (χ3v) is 6.66. The van der Waals surface area contributed by atoms with E-state index in [1.165, 1.54) is 11.1 Å². The molecule has 1 aliphatic heterocycles. The van der Waals surface area contributed by atoms with Crippen LogP contribution in [0.2, 0.25) is 0 Å². The van der Waals surface area contributed by atoms with Crippen molar-refractivity contribution in [1.82, 2.24) is 19.6 Å². The minimum atomic E-state index is 0.814. The number of aromatic nitrogens is 3. The summed E-state index contributed by atoms with van der Waals surface area (Å²) >= 11 is 0. The fraction of sp³-hybridized carbons (Fsp3) is 0.407. The minimum absolute atomic E-state index is 0.814. The van der Waals surface area contributed by atoms with Gasteiger partial charge in [-0.05, 0) is 55.7 Å². The number of hydrogen-bond donors (Lipinski definition) is 0. The second-order valence-electron chi connectivity index (χ2n) is 8.89. The lowest BCUT2D eigenvalue weighted by molar-refractivity contribution is 0.0364. The number of benzene rings is 2. The van der Waals surface area contributed by atoms with Gasteiger partial charge in [-0.25, -0.2) is 4.98 Å². The van der Waals surface area contributed by atoms with Crippen molar-refractivity contribution in [2.45, 2.75) is 33.2 Å². The zero-order valence-corrected chi connectivity index (χ0v) is 20.2. The number of aryl methyl sites for hydroxylation is 4. The topological polar surface area (TPSA) is 65.6 Å². The SMILES string of the molecule is COc1cccc(CCc2nc3cc(-c4c(C)noc4C)ccc3n2CCN2CCOCC2)c1. The average molecular weight is 461 g/mol. The summed E-state index contributed by atoms with van der Waals surface area (Å²) in [5.74, 6) is 2.84. The number of ether oxygens (including phenoxy) is 2. The fourth-order valence-corrected chi connectivity index (χ4v) is 4.82. The Balaban J connectivity index is 1.45. The average Bonchev–Trinajstić information content (AvgIpc) is 3.40. The summed E-state index contributed by atoms with van der Waals surface area (Å²) in [6.45, 7) is 9.45. The van der Waals surface area contributed by atoms with Crippen LogP contribution in [0.4, 0.5) is 0 Å². The zero-order valence-electron chi connectivity index (χ0n) is 20.2. The van der Waals surface area contributed by atoms with Gasteiger partial charge in [0.2, 0.25) is 0 Å². The van der Waals surface area contributed by atoms with Gasteiger partial charge in [-0.15, -0.1) is 0 Å². The number of methoxy groups -OCH3 is 1. The van der Waals surface area contributed by atoms with Crippen molar-refractivity contribution in [1.29, 1.82) is 0 Å². The van der Waals surface area contributed by atoms with Crippen LogP contribution in [0.15, 0.2) is 47.0 Å². The summed E-state index contributed by atoms with van der Waals surface area (Å²) in [5.41, 5.74) is 6.50. The quantitative estimate of drug-likeness (QED) is 0.388. The van der Waals surface area contributed by atoms with Gasteiger partial charge in [0.15, 0.2) is 0 Å². The molecule has 178 valence electrons. The molecule has 7 nitrogen and oxygen atoms in total. The molecule has 3 heterocycles. The molecule has 0 atom stereocenters. The number of fused-ring (bicyclic) bond motifs is 1. The van der Waals surface area contributed by atoms with Crippen LogP contribution in [0.1, 0.15) is 22.8 Å². The highest BCUT2D eigenvalue weighted by Crippen LogP contribution is 2.30. The van der Waals surface area contributed by atoms with Gasteiger partial charge in [-0.3, -0.25) is 4.90 Å². The lowest BCUT2D eigenvalue weighted by Gasteiger charge is -2.27. The van der Waals surface area contributed by atoms with Gasteiger partial charge in [0.25, 0.3) is 0 Å². The van der Waals surface area contributed by atoms with Gasteiger partial charge in [-0.1, -0.05) is 23.4 Å². The molecule has 34 heavy (non-hydrogen) atoms. The first-order chi connectivity index (χ1) is 16.6. The number of imidazole rings is 1. The van der Waals surface area contributed by atoms with Crippen LogP contribution in [0.3, 0.4) is 0 Å². The van der Waals surface area contributed by atoms with E-state index in [9.17, 15) is 0 Å². The molecular weight excluding hydrogens is 428 g/mol. The van der Waals surface area contributed by atoms with Gasteiger partial charge in [0, 0.05) is 38.2 Å². The smallest absolute Gasteiger partial charge is 0.141 e. The lowest BCUT2D eigenvalue weighted by Crippen LogP contribution is -2.38. The van der Waals surface area contributed by atoms with Crippen LogP contribution in [0.25, 0.3) is 22.2 Å². The highest BCUT2D eigenvalue weighted by Gasteiger charge is 2.17.